The summed E-state index contributed by atoms with van der Waals surface area (Å²) in [4.78, 5) is 28.5. The topological polar surface area (TPSA) is 60.7 Å². The van der Waals surface area contributed by atoms with Crippen molar-refractivity contribution in [1.82, 2.24) is 4.57 Å². The molecule has 0 fully saturated rings. The van der Waals surface area contributed by atoms with Crippen LogP contribution in [-0.2, 0) is 20.9 Å². The van der Waals surface area contributed by atoms with E-state index in [9.17, 15) is 9.59 Å². The Kier molecular flexibility index (Phi) is 6.83. The Bertz CT molecular complexity index is 827. The van der Waals surface area contributed by atoms with Gasteiger partial charge in [0, 0.05) is 11.4 Å². The number of hydrogen-bond acceptors (Lipinski definition) is 4. The number of hydrogen-bond donors (Lipinski definition) is 0. The van der Waals surface area contributed by atoms with Crippen molar-refractivity contribution in [3.05, 3.63) is 27.0 Å². The molecule has 0 saturated heterocycles. The zero-order valence-electron chi connectivity index (χ0n) is 13.5. The maximum atomic E-state index is 12.0. The van der Waals surface area contributed by atoms with E-state index in [0.717, 1.165) is 17.5 Å². The number of thiazole rings is 1. The molecule has 0 atom stereocenters. The highest BCUT2D eigenvalue weighted by atomic mass is 35.5. The van der Waals surface area contributed by atoms with Crippen molar-refractivity contribution in [3.8, 4) is 0 Å². The van der Waals surface area contributed by atoms with Gasteiger partial charge in [0.05, 0.1) is 21.8 Å². The van der Waals surface area contributed by atoms with Crippen LogP contribution in [0.25, 0.3) is 10.2 Å². The molecule has 1 heterocycles. The lowest BCUT2D eigenvalue weighted by atomic mass is 10.2. The summed E-state index contributed by atoms with van der Waals surface area (Å²) >= 11 is 13.6. The third-order valence-electron chi connectivity index (χ3n) is 3.25. The minimum atomic E-state index is -0.411. The molecular weight excluding hydrogens is 371 g/mol. The third kappa shape index (κ3) is 4.59. The van der Waals surface area contributed by atoms with Crippen LogP contribution in [0.15, 0.2) is 17.1 Å². The number of aromatic nitrogens is 1. The van der Waals surface area contributed by atoms with Crippen molar-refractivity contribution in [1.29, 1.82) is 0 Å². The number of amides is 1. The number of benzene rings is 1. The summed E-state index contributed by atoms with van der Waals surface area (Å²) in [5, 5.41) is 0.890. The van der Waals surface area contributed by atoms with Crippen LogP contribution in [-0.4, -0.2) is 23.1 Å². The van der Waals surface area contributed by atoms with Crippen LogP contribution in [0.3, 0.4) is 0 Å². The standard InChI is InChI=1S/C16H18Cl2N2O3S/c1-3-5-6-13(21)19-16-20(9-14(22)23-4-2)15-11(18)7-10(17)8-12(15)24-16/h7-8H,3-6,9H2,1-2H3. The highest BCUT2D eigenvalue weighted by Crippen LogP contribution is 2.29. The van der Waals surface area contributed by atoms with Crippen LogP contribution >= 0.6 is 34.5 Å². The second-order valence-electron chi connectivity index (χ2n) is 5.12. The maximum absolute atomic E-state index is 12.0. The number of ether oxygens (including phenoxy) is 1. The molecule has 2 rings (SSSR count). The Morgan fingerprint density at radius 1 is 1.29 bits per heavy atom. The molecule has 0 aliphatic heterocycles. The molecule has 0 spiro atoms. The number of halogens is 2. The smallest absolute Gasteiger partial charge is 0.326 e. The Hall–Kier alpha value is -1.37. The predicted molar refractivity (Wildman–Crippen MR) is 96.6 cm³/mol. The summed E-state index contributed by atoms with van der Waals surface area (Å²) in [6.07, 6.45) is 2.06. The summed E-state index contributed by atoms with van der Waals surface area (Å²) in [5.74, 6) is -0.631. The van der Waals surface area contributed by atoms with Crippen molar-refractivity contribution < 1.29 is 14.3 Å². The first-order valence-electron chi connectivity index (χ1n) is 7.67. The largest absolute Gasteiger partial charge is 0.465 e. The van der Waals surface area contributed by atoms with E-state index in [0.29, 0.717) is 26.8 Å². The maximum Gasteiger partial charge on any atom is 0.326 e. The third-order valence-corrected chi connectivity index (χ3v) is 4.78. The normalized spacial score (nSPS) is 11.9. The zero-order valence-corrected chi connectivity index (χ0v) is 15.8. The average Bonchev–Trinajstić information content (AvgIpc) is 2.82. The summed E-state index contributed by atoms with van der Waals surface area (Å²) in [6.45, 7) is 3.97. The van der Waals surface area contributed by atoms with Crippen LogP contribution in [0, 0.1) is 0 Å². The second-order valence-corrected chi connectivity index (χ2v) is 6.97. The number of fused-ring (bicyclic) bond motifs is 1. The van der Waals surface area contributed by atoms with Gasteiger partial charge in [-0.15, -0.1) is 0 Å². The number of esters is 1. The SMILES string of the molecule is CCCCC(=O)N=c1sc2cc(Cl)cc(Cl)c2n1CC(=O)OCC. The number of carbonyl (C=O) groups is 2. The summed E-state index contributed by atoms with van der Waals surface area (Å²) < 4.78 is 7.38. The number of unbranched alkanes of at least 4 members (excludes halogenated alkanes) is 1. The zero-order chi connectivity index (χ0) is 17.7. The quantitative estimate of drug-likeness (QED) is 0.696. The van der Waals surface area contributed by atoms with Gasteiger partial charge in [0.1, 0.15) is 6.54 Å². The second kappa shape index (κ2) is 8.65. The first-order chi connectivity index (χ1) is 11.5. The summed E-state index contributed by atoms with van der Waals surface area (Å²) in [5.41, 5.74) is 0.626. The monoisotopic (exact) mass is 388 g/mol. The van der Waals surface area contributed by atoms with Crippen LogP contribution in [0.2, 0.25) is 10.0 Å². The van der Waals surface area contributed by atoms with Crippen molar-refractivity contribution in [3.63, 3.8) is 0 Å². The van der Waals surface area contributed by atoms with Gasteiger partial charge in [-0.2, -0.15) is 4.99 Å². The first-order valence-corrected chi connectivity index (χ1v) is 9.25. The van der Waals surface area contributed by atoms with Gasteiger partial charge in [0.15, 0.2) is 4.80 Å². The lowest BCUT2D eigenvalue weighted by Gasteiger charge is -2.06. The van der Waals surface area contributed by atoms with Crippen molar-refractivity contribution in [2.75, 3.05) is 6.61 Å². The summed E-state index contributed by atoms with van der Waals surface area (Å²) in [7, 11) is 0. The Labute approximate surface area is 153 Å². The van der Waals surface area contributed by atoms with E-state index in [1.807, 2.05) is 6.92 Å². The molecule has 0 N–H and O–H groups in total. The lowest BCUT2D eigenvalue weighted by Crippen LogP contribution is -2.23. The average molecular weight is 389 g/mol. The molecule has 1 aromatic heterocycles. The molecule has 1 aromatic carbocycles. The molecule has 0 saturated carbocycles. The predicted octanol–water partition coefficient (Wildman–Crippen LogP) is 4.19. The van der Waals surface area contributed by atoms with E-state index < -0.39 is 5.97 Å². The highest BCUT2D eigenvalue weighted by molar-refractivity contribution is 7.16. The Morgan fingerprint density at radius 3 is 2.71 bits per heavy atom. The van der Waals surface area contributed by atoms with E-state index >= 15 is 0 Å². The van der Waals surface area contributed by atoms with Gasteiger partial charge < -0.3 is 9.30 Å². The molecule has 130 valence electrons. The van der Waals surface area contributed by atoms with Crippen molar-refractivity contribution in [2.45, 2.75) is 39.7 Å². The Morgan fingerprint density at radius 2 is 2.04 bits per heavy atom. The number of carbonyl (C=O) groups excluding carboxylic acids is 2. The number of rotatable bonds is 6. The van der Waals surface area contributed by atoms with Gasteiger partial charge in [-0.25, -0.2) is 0 Å². The molecule has 2 aromatic rings. The van der Waals surface area contributed by atoms with Gasteiger partial charge >= 0.3 is 5.97 Å². The molecule has 0 bridgehead atoms. The fourth-order valence-electron chi connectivity index (χ4n) is 2.19. The van der Waals surface area contributed by atoms with Gasteiger partial charge in [0.25, 0.3) is 0 Å². The molecule has 5 nitrogen and oxygen atoms in total. The summed E-state index contributed by atoms with van der Waals surface area (Å²) in [6, 6.07) is 3.34. The number of nitrogens with zero attached hydrogens (tertiary/aromatic N) is 2. The molecule has 24 heavy (non-hydrogen) atoms. The minimum absolute atomic E-state index is 0.0604. The molecule has 8 heteroatoms. The molecular formula is C16H18Cl2N2O3S. The van der Waals surface area contributed by atoms with Crippen LogP contribution < -0.4 is 4.80 Å². The fraction of sp³-hybridized carbons (Fsp3) is 0.438. The van der Waals surface area contributed by atoms with E-state index in [2.05, 4.69) is 4.99 Å². The molecule has 1 amide bonds. The minimum Gasteiger partial charge on any atom is -0.465 e. The van der Waals surface area contributed by atoms with Gasteiger partial charge in [-0.1, -0.05) is 47.9 Å². The van der Waals surface area contributed by atoms with Gasteiger partial charge in [-0.05, 0) is 25.5 Å². The van der Waals surface area contributed by atoms with E-state index in [1.54, 1.807) is 23.6 Å². The van der Waals surface area contributed by atoms with Gasteiger partial charge in [-0.3, -0.25) is 9.59 Å². The van der Waals surface area contributed by atoms with Crippen LogP contribution in [0.5, 0.6) is 0 Å². The van der Waals surface area contributed by atoms with Crippen LogP contribution in [0.1, 0.15) is 33.1 Å². The lowest BCUT2D eigenvalue weighted by molar-refractivity contribution is -0.143. The Balaban J connectivity index is 2.56. The molecule has 0 aliphatic carbocycles. The van der Waals surface area contributed by atoms with Crippen molar-refractivity contribution >= 4 is 56.6 Å². The van der Waals surface area contributed by atoms with E-state index in [1.165, 1.54) is 11.3 Å². The first kappa shape index (κ1) is 19.0. The van der Waals surface area contributed by atoms with E-state index in [4.69, 9.17) is 27.9 Å². The molecule has 0 radical (unpaired) electrons. The molecule has 0 aliphatic rings. The van der Waals surface area contributed by atoms with Gasteiger partial charge in [0.2, 0.25) is 5.91 Å². The van der Waals surface area contributed by atoms with Crippen LogP contribution in [0.4, 0.5) is 0 Å². The van der Waals surface area contributed by atoms with E-state index in [-0.39, 0.29) is 19.1 Å². The fourth-order valence-corrected chi connectivity index (χ4v) is 4.02. The highest BCUT2D eigenvalue weighted by Gasteiger charge is 2.15. The van der Waals surface area contributed by atoms with Crippen molar-refractivity contribution in [2.24, 2.45) is 4.99 Å². The molecule has 0 unspecified atom stereocenters.